The predicted octanol–water partition coefficient (Wildman–Crippen LogP) is 3.47. The molecule has 0 aliphatic rings. The molecule has 1 heterocycles. The maximum absolute atomic E-state index is 5.69. The van der Waals surface area contributed by atoms with E-state index in [1.54, 1.807) is 18.4 Å². The molecule has 148 valence electrons. The highest BCUT2D eigenvalue weighted by Gasteiger charge is 2.07. The first-order valence-electron chi connectivity index (χ1n) is 9.33. The zero-order valence-electron chi connectivity index (χ0n) is 16.9. The number of hydrogen-bond acceptors (Lipinski definition) is 5. The van der Waals surface area contributed by atoms with Crippen molar-refractivity contribution < 1.29 is 9.47 Å². The van der Waals surface area contributed by atoms with Crippen LogP contribution in [0.2, 0.25) is 0 Å². The summed E-state index contributed by atoms with van der Waals surface area (Å²) in [6.07, 6.45) is 0.864. The van der Waals surface area contributed by atoms with Crippen molar-refractivity contribution in [3.8, 4) is 11.5 Å². The van der Waals surface area contributed by atoms with Crippen LogP contribution in [0.4, 0.5) is 0 Å². The van der Waals surface area contributed by atoms with Crippen LogP contribution in [0, 0.1) is 13.8 Å². The van der Waals surface area contributed by atoms with E-state index in [1.165, 1.54) is 10.4 Å². The molecule has 0 radical (unpaired) electrons. The number of rotatable bonds is 9. The Hall–Kier alpha value is -2.28. The van der Waals surface area contributed by atoms with Crippen LogP contribution >= 0.6 is 11.3 Å². The Bertz CT molecular complexity index is 739. The summed E-state index contributed by atoms with van der Waals surface area (Å²) in [6.45, 7) is 10.8. The molecule has 27 heavy (non-hydrogen) atoms. The van der Waals surface area contributed by atoms with Gasteiger partial charge in [-0.05, 0) is 51.8 Å². The second-order valence-corrected chi connectivity index (χ2v) is 7.29. The molecule has 2 aromatic rings. The van der Waals surface area contributed by atoms with Crippen LogP contribution in [-0.2, 0) is 13.0 Å². The van der Waals surface area contributed by atoms with E-state index in [2.05, 4.69) is 33.6 Å². The summed E-state index contributed by atoms with van der Waals surface area (Å²) in [5, 5.41) is 7.73. The summed E-state index contributed by atoms with van der Waals surface area (Å²) in [6, 6.07) is 6.10. The zero-order valence-corrected chi connectivity index (χ0v) is 17.7. The number of aromatic nitrogens is 1. The van der Waals surface area contributed by atoms with Crippen molar-refractivity contribution in [3.05, 3.63) is 39.3 Å². The van der Waals surface area contributed by atoms with Crippen molar-refractivity contribution in [1.82, 2.24) is 15.6 Å². The number of thiazole rings is 1. The summed E-state index contributed by atoms with van der Waals surface area (Å²) in [7, 11) is 1.78. The molecule has 1 aromatic carbocycles. The van der Waals surface area contributed by atoms with E-state index < -0.39 is 0 Å². The van der Waals surface area contributed by atoms with Gasteiger partial charge in [-0.25, -0.2) is 4.98 Å². The van der Waals surface area contributed by atoms with Crippen molar-refractivity contribution in [2.75, 3.05) is 26.8 Å². The average molecular weight is 391 g/mol. The minimum atomic E-state index is 0.619. The molecule has 0 saturated carbocycles. The highest BCUT2D eigenvalue weighted by Crippen LogP contribution is 2.28. The molecule has 0 unspecified atom stereocenters. The summed E-state index contributed by atoms with van der Waals surface area (Å²) in [5.41, 5.74) is 2.29. The summed E-state index contributed by atoms with van der Waals surface area (Å²) < 4.78 is 11.3. The Morgan fingerprint density at radius 1 is 1.11 bits per heavy atom. The van der Waals surface area contributed by atoms with Crippen molar-refractivity contribution >= 4 is 17.3 Å². The smallest absolute Gasteiger partial charge is 0.191 e. The first kappa shape index (κ1) is 21.0. The topological polar surface area (TPSA) is 67.8 Å². The normalized spacial score (nSPS) is 11.4. The lowest BCUT2D eigenvalue weighted by Gasteiger charge is -2.14. The lowest BCUT2D eigenvalue weighted by Crippen LogP contribution is -2.37. The van der Waals surface area contributed by atoms with Crippen LogP contribution in [0.1, 0.15) is 35.0 Å². The number of aryl methyl sites for hydroxylation is 2. The van der Waals surface area contributed by atoms with Crippen LogP contribution in [0.3, 0.4) is 0 Å². The third-order valence-corrected chi connectivity index (χ3v) is 5.09. The highest BCUT2D eigenvalue weighted by molar-refractivity contribution is 7.11. The number of ether oxygens (including phenoxy) is 2. The summed E-state index contributed by atoms with van der Waals surface area (Å²) in [4.78, 5) is 10.1. The quantitative estimate of drug-likeness (QED) is 0.507. The second-order valence-electron chi connectivity index (χ2n) is 6.00. The van der Waals surface area contributed by atoms with Gasteiger partial charge in [-0.3, -0.25) is 4.99 Å². The van der Waals surface area contributed by atoms with Crippen LogP contribution < -0.4 is 20.1 Å². The van der Waals surface area contributed by atoms with E-state index in [9.17, 15) is 0 Å². The standard InChI is InChI=1S/C20H30N4O2S/c1-6-25-17-9-8-16(12-18(17)26-7-2)10-11-22-20(21-5)23-13-19-24-14(3)15(4)27-19/h8-9,12H,6-7,10-11,13H2,1-5H3,(H2,21,22,23). The summed E-state index contributed by atoms with van der Waals surface area (Å²) >= 11 is 1.72. The van der Waals surface area contributed by atoms with Crippen molar-refractivity contribution in [2.24, 2.45) is 4.99 Å². The van der Waals surface area contributed by atoms with Crippen LogP contribution in [0.15, 0.2) is 23.2 Å². The molecule has 0 spiro atoms. The average Bonchev–Trinajstić information content (AvgIpc) is 2.98. The maximum atomic E-state index is 5.69. The molecule has 1 aromatic heterocycles. The van der Waals surface area contributed by atoms with Gasteiger partial charge >= 0.3 is 0 Å². The van der Waals surface area contributed by atoms with Crippen LogP contribution in [-0.4, -0.2) is 37.7 Å². The molecule has 0 atom stereocenters. The molecule has 2 N–H and O–H groups in total. The van der Waals surface area contributed by atoms with Crippen molar-refractivity contribution in [3.63, 3.8) is 0 Å². The molecule has 0 aliphatic heterocycles. The Morgan fingerprint density at radius 3 is 2.48 bits per heavy atom. The molecule has 0 bridgehead atoms. The molecule has 0 saturated heterocycles. The fourth-order valence-electron chi connectivity index (χ4n) is 2.57. The van der Waals surface area contributed by atoms with E-state index in [1.807, 2.05) is 32.9 Å². The zero-order chi connectivity index (χ0) is 19.6. The molecular weight excluding hydrogens is 360 g/mol. The fraction of sp³-hybridized carbons (Fsp3) is 0.500. The fourth-order valence-corrected chi connectivity index (χ4v) is 3.44. The number of guanidine groups is 1. The number of aliphatic imine (C=N–C) groups is 1. The Kier molecular flexibility index (Phi) is 8.39. The minimum absolute atomic E-state index is 0.619. The molecule has 0 amide bonds. The van der Waals surface area contributed by atoms with E-state index in [-0.39, 0.29) is 0 Å². The van der Waals surface area contributed by atoms with E-state index >= 15 is 0 Å². The third-order valence-electron chi connectivity index (χ3n) is 4.02. The number of benzene rings is 1. The van der Waals surface area contributed by atoms with Crippen molar-refractivity contribution in [2.45, 2.75) is 40.7 Å². The van der Waals surface area contributed by atoms with Gasteiger partial charge in [0.2, 0.25) is 0 Å². The number of nitrogens with one attached hydrogen (secondary N) is 2. The van der Waals surface area contributed by atoms with Gasteiger partial charge in [-0.15, -0.1) is 11.3 Å². The van der Waals surface area contributed by atoms with Crippen LogP contribution in [0.5, 0.6) is 11.5 Å². The van der Waals surface area contributed by atoms with Gasteiger partial charge in [0.25, 0.3) is 0 Å². The molecule has 0 aliphatic carbocycles. The maximum Gasteiger partial charge on any atom is 0.191 e. The van der Waals surface area contributed by atoms with E-state index in [4.69, 9.17) is 9.47 Å². The largest absolute Gasteiger partial charge is 0.490 e. The third kappa shape index (κ3) is 6.43. The lowest BCUT2D eigenvalue weighted by molar-refractivity contribution is 0.287. The first-order valence-corrected chi connectivity index (χ1v) is 10.1. The molecule has 7 heteroatoms. The highest BCUT2D eigenvalue weighted by atomic mass is 32.1. The first-order chi connectivity index (χ1) is 13.1. The molecule has 0 fully saturated rings. The second kappa shape index (κ2) is 10.8. The van der Waals surface area contributed by atoms with Gasteiger partial charge in [0.15, 0.2) is 17.5 Å². The van der Waals surface area contributed by atoms with Gasteiger partial charge in [0.1, 0.15) is 5.01 Å². The van der Waals surface area contributed by atoms with E-state index in [0.717, 1.165) is 41.1 Å². The number of nitrogens with zero attached hydrogens (tertiary/aromatic N) is 2. The minimum Gasteiger partial charge on any atom is -0.490 e. The Morgan fingerprint density at radius 2 is 1.85 bits per heavy atom. The number of hydrogen-bond donors (Lipinski definition) is 2. The van der Waals surface area contributed by atoms with Crippen LogP contribution in [0.25, 0.3) is 0 Å². The van der Waals surface area contributed by atoms with Gasteiger partial charge in [0.05, 0.1) is 25.5 Å². The van der Waals surface area contributed by atoms with Gasteiger partial charge in [-0.1, -0.05) is 6.07 Å². The Labute approximate surface area is 166 Å². The molecular formula is C20H30N4O2S. The SMILES string of the molecule is CCOc1ccc(CCNC(=NC)NCc2nc(C)c(C)s2)cc1OCC. The molecule has 2 rings (SSSR count). The monoisotopic (exact) mass is 390 g/mol. The Balaban J connectivity index is 1.85. The lowest BCUT2D eigenvalue weighted by atomic mass is 10.1. The van der Waals surface area contributed by atoms with Gasteiger partial charge in [-0.2, -0.15) is 0 Å². The van der Waals surface area contributed by atoms with Gasteiger partial charge in [0, 0.05) is 18.5 Å². The van der Waals surface area contributed by atoms with Gasteiger partial charge < -0.3 is 20.1 Å². The summed E-state index contributed by atoms with van der Waals surface area (Å²) in [5.74, 6) is 2.37. The van der Waals surface area contributed by atoms with Crippen molar-refractivity contribution in [1.29, 1.82) is 0 Å². The van der Waals surface area contributed by atoms with E-state index in [0.29, 0.717) is 19.8 Å². The molecule has 6 nitrogen and oxygen atoms in total. The predicted molar refractivity (Wildman–Crippen MR) is 112 cm³/mol.